The maximum atomic E-state index is 12.1. The molecule has 22 heavy (non-hydrogen) atoms. The highest BCUT2D eigenvalue weighted by Gasteiger charge is 2.31. The van der Waals surface area contributed by atoms with Gasteiger partial charge in [0, 0.05) is 6.61 Å². The molecule has 0 aliphatic heterocycles. The number of hydrogen-bond donors (Lipinski definition) is 0. The van der Waals surface area contributed by atoms with Crippen molar-refractivity contribution in [2.24, 2.45) is 0 Å². The van der Waals surface area contributed by atoms with E-state index in [1.807, 2.05) is 6.92 Å². The molecule has 1 unspecified atom stereocenters. The molecule has 0 saturated carbocycles. The van der Waals surface area contributed by atoms with E-state index in [1.165, 1.54) is 23.3 Å². The van der Waals surface area contributed by atoms with Gasteiger partial charge in [-0.15, -0.1) is 23.4 Å². The summed E-state index contributed by atoms with van der Waals surface area (Å²) in [6, 6.07) is 5.50. The van der Waals surface area contributed by atoms with Crippen molar-refractivity contribution in [2.45, 2.75) is 25.7 Å². The zero-order valence-corrected chi connectivity index (χ0v) is 11.8. The molecule has 0 aliphatic carbocycles. The van der Waals surface area contributed by atoms with E-state index >= 15 is 0 Å². The van der Waals surface area contributed by atoms with Crippen molar-refractivity contribution >= 4 is 0 Å². The van der Waals surface area contributed by atoms with E-state index in [0.29, 0.717) is 19.6 Å². The molecule has 0 radical (unpaired) electrons. The molecule has 2 rings (SSSR count). The molecule has 120 valence electrons. The quantitative estimate of drug-likeness (QED) is 0.785. The van der Waals surface area contributed by atoms with Crippen molar-refractivity contribution in [2.75, 3.05) is 13.2 Å². The van der Waals surface area contributed by atoms with Gasteiger partial charge in [0.15, 0.2) is 6.33 Å². The van der Waals surface area contributed by atoms with Crippen molar-refractivity contribution < 1.29 is 22.6 Å². The van der Waals surface area contributed by atoms with Crippen LogP contribution in [0.3, 0.4) is 0 Å². The van der Waals surface area contributed by atoms with Crippen molar-refractivity contribution in [3.05, 3.63) is 36.2 Å². The monoisotopic (exact) mass is 316 g/mol. The first-order chi connectivity index (χ1) is 10.5. The Morgan fingerprint density at radius 3 is 2.50 bits per heavy atom. The topological polar surface area (TPSA) is 62.1 Å². The molecule has 0 amide bonds. The van der Waals surface area contributed by atoms with Gasteiger partial charge in [-0.25, -0.2) is 0 Å². The summed E-state index contributed by atoms with van der Waals surface area (Å²) in [5.74, 6) is -0.253. The SMILES string of the molecule is CCOCC(Cc1ccc(OC(F)(F)F)cc1)n1ncnn1. The van der Waals surface area contributed by atoms with Crippen LogP contribution < -0.4 is 4.74 Å². The van der Waals surface area contributed by atoms with Gasteiger partial charge >= 0.3 is 6.36 Å². The summed E-state index contributed by atoms with van der Waals surface area (Å²) in [7, 11) is 0. The lowest BCUT2D eigenvalue weighted by Crippen LogP contribution is -2.21. The molecule has 2 aromatic rings. The molecule has 0 saturated heterocycles. The van der Waals surface area contributed by atoms with Gasteiger partial charge in [0.1, 0.15) is 11.8 Å². The Kier molecular flexibility index (Phi) is 5.31. The van der Waals surface area contributed by atoms with Gasteiger partial charge in [-0.3, -0.25) is 0 Å². The summed E-state index contributed by atoms with van der Waals surface area (Å²) in [5.41, 5.74) is 0.816. The maximum Gasteiger partial charge on any atom is 0.573 e. The summed E-state index contributed by atoms with van der Waals surface area (Å²) in [5, 5.41) is 11.5. The average Bonchev–Trinajstić information content (AvgIpc) is 2.98. The van der Waals surface area contributed by atoms with Crippen LogP contribution in [0.25, 0.3) is 0 Å². The van der Waals surface area contributed by atoms with E-state index in [1.54, 1.807) is 12.1 Å². The van der Waals surface area contributed by atoms with Gasteiger partial charge in [0.2, 0.25) is 0 Å². The Labute approximate surface area is 124 Å². The Balaban J connectivity index is 2.03. The second-order valence-corrected chi connectivity index (χ2v) is 4.47. The lowest BCUT2D eigenvalue weighted by atomic mass is 10.1. The zero-order valence-electron chi connectivity index (χ0n) is 11.8. The van der Waals surface area contributed by atoms with Crippen LogP contribution in [0.15, 0.2) is 30.6 Å². The molecule has 1 aromatic carbocycles. The predicted octanol–water partition coefficient (Wildman–Crippen LogP) is 2.39. The van der Waals surface area contributed by atoms with Crippen molar-refractivity contribution in [3.8, 4) is 5.75 Å². The first kappa shape index (κ1) is 16.2. The first-order valence-corrected chi connectivity index (χ1v) is 6.63. The lowest BCUT2D eigenvalue weighted by Gasteiger charge is -2.16. The van der Waals surface area contributed by atoms with E-state index in [9.17, 15) is 13.2 Å². The molecule has 0 spiro atoms. The summed E-state index contributed by atoms with van der Waals surface area (Å²) >= 11 is 0. The van der Waals surface area contributed by atoms with Crippen LogP contribution in [0.1, 0.15) is 18.5 Å². The number of alkyl halides is 3. The molecule has 1 heterocycles. The van der Waals surface area contributed by atoms with Gasteiger partial charge in [-0.2, -0.15) is 4.80 Å². The average molecular weight is 316 g/mol. The summed E-state index contributed by atoms with van der Waals surface area (Å²) in [4.78, 5) is 1.43. The maximum absolute atomic E-state index is 12.1. The number of tetrazole rings is 1. The Morgan fingerprint density at radius 1 is 1.23 bits per heavy atom. The van der Waals surface area contributed by atoms with Gasteiger partial charge in [0.05, 0.1) is 6.61 Å². The second-order valence-electron chi connectivity index (χ2n) is 4.47. The minimum atomic E-state index is -4.69. The van der Waals surface area contributed by atoms with Gasteiger partial charge in [-0.1, -0.05) is 12.1 Å². The largest absolute Gasteiger partial charge is 0.573 e. The van der Waals surface area contributed by atoms with Crippen LogP contribution in [-0.4, -0.2) is 39.8 Å². The number of benzene rings is 1. The smallest absolute Gasteiger partial charge is 0.406 e. The summed E-state index contributed by atoms with van der Waals surface area (Å²) < 4.78 is 45.5. The summed E-state index contributed by atoms with van der Waals surface area (Å²) in [6.07, 6.45) is -2.87. The Bertz CT molecular complexity index is 558. The first-order valence-electron chi connectivity index (χ1n) is 6.63. The fourth-order valence-electron chi connectivity index (χ4n) is 1.90. The molecular weight excluding hydrogens is 301 g/mol. The molecule has 0 aliphatic rings. The molecule has 9 heteroatoms. The zero-order chi connectivity index (χ0) is 16.0. The highest BCUT2D eigenvalue weighted by Crippen LogP contribution is 2.23. The van der Waals surface area contributed by atoms with Crippen LogP contribution in [-0.2, 0) is 11.2 Å². The predicted molar refractivity (Wildman–Crippen MR) is 70.2 cm³/mol. The molecule has 0 N–H and O–H groups in total. The van der Waals surface area contributed by atoms with E-state index in [4.69, 9.17) is 4.74 Å². The van der Waals surface area contributed by atoms with Crippen LogP contribution in [0.5, 0.6) is 5.75 Å². The minimum absolute atomic E-state index is 0.183. The van der Waals surface area contributed by atoms with E-state index < -0.39 is 6.36 Å². The highest BCUT2D eigenvalue weighted by atomic mass is 19.4. The normalized spacial score (nSPS) is 13.1. The fourth-order valence-corrected chi connectivity index (χ4v) is 1.90. The second kappa shape index (κ2) is 7.21. The van der Waals surface area contributed by atoms with Gasteiger partial charge in [0.25, 0.3) is 0 Å². The standard InChI is InChI=1S/C13H15F3N4O2/c1-2-21-8-11(20-18-9-17-19-20)7-10-3-5-12(6-4-10)22-13(14,15)16/h3-6,9,11H,2,7-8H2,1H3. The molecule has 0 fully saturated rings. The van der Waals surface area contributed by atoms with Gasteiger partial charge in [-0.05, 0) is 36.3 Å². The number of hydrogen-bond acceptors (Lipinski definition) is 5. The molecular formula is C13H15F3N4O2. The van der Waals surface area contributed by atoms with Crippen molar-refractivity contribution in [1.29, 1.82) is 0 Å². The third-order valence-electron chi connectivity index (χ3n) is 2.83. The van der Waals surface area contributed by atoms with E-state index in [2.05, 4.69) is 20.1 Å². The molecule has 6 nitrogen and oxygen atoms in total. The van der Waals surface area contributed by atoms with Crippen LogP contribution in [0.4, 0.5) is 13.2 Å². The number of nitrogens with zero attached hydrogens (tertiary/aromatic N) is 4. The summed E-state index contributed by atoms with van der Waals surface area (Å²) in [6.45, 7) is 2.80. The Morgan fingerprint density at radius 2 is 1.95 bits per heavy atom. The fraction of sp³-hybridized carbons (Fsp3) is 0.462. The van der Waals surface area contributed by atoms with E-state index in [-0.39, 0.29) is 11.8 Å². The lowest BCUT2D eigenvalue weighted by molar-refractivity contribution is -0.274. The number of ether oxygens (including phenoxy) is 2. The third-order valence-corrected chi connectivity index (χ3v) is 2.83. The number of aromatic nitrogens is 4. The minimum Gasteiger partial charge on any atom is -0.406 e. The molecule has 1 atom stereocenters. The van der Waals surface area contributed by atoms with Crippen molar-refractivity contribution in [3.63, 3.8) is 0 Å². The number of rotatable bonds is 7. The highest BCUT2D eigenvalue weighted by molar-refractivity contribution is 5.27. The van der Waals surface area contributed by atoms with Crippen LogP contribution in [0, 0.1) is 0 Å². The van der Waals surface area contributed by atoms with E-state index in [0.717, 1.165) is 5.56 Å². The molecule has 1 aromatic heterocycles. The Hall–Kier alpha value is -2.16. The van der Waals surface area contributed by atoms with Gasteiger partial charge < -0.3 is 9.47 Å². The van der Waals surface area contributed by atoms with Crippen molar-refractivity contribution in [1.82, 2.24) is 20.2 Å². The van der Waals surface area contributed by atoms with Crippen LogP contribution in [0.2, 0.25) is 0 Å². The number of halogens is 3. The third kappa shape index (κ3) is 4.99. The van der Waals surface area contributed by atoms with Crippen LogP contribution >= 0.6 is 0 Å². The molecule has 0 bridgehead atoms.